The van der Waals surface area contributed by atoms with Crippen molar-refractivity contribution in [3.63, 3.8) is 0 Å². The minimum Gasteiger partial charge on any atom is -0.376 e. The zero-order valence-electron chi connectivity index (χ0n) is 14.7. The number of carbonyl (C=O) groups is 2. The molecule has 0 aliphatic carbocycles. The van der Waals surface area contributed by atoms with Crippen LogP contribution in [0.2, 0.25) is 5.02 Å². The number of carbonyl (C=O) groups excluding carboxylic acids is 2. The average Bonchev–Trinajstić information content (AvgIpc) is 2.61. The molecule has 0 aliphatic rings. The summed E-state index contributed by atoms with van der Waals surface area (Å²) in [4.78, 5) is 25.1. The van der Waals surface area contributed by atoms with Crippen molar-refractivity contribution in [3.05, 3.63) is 58.9 Å². The van der Waals surface area contributed by atoms with Crippen LogP contribution in [0.1, 0.15) is 12.0 Å². The molecule has 2 aromatic rings. The van der Waals surface area contributed by atoms with E-state index in [1.165, 1.54) is 18.2 Å². The first-order valence-corrected chi connectivity index (χ1v) is 8.51. The Balaban J connectivity index is 1.80. The molecule has 0 unspecified atom stereocenters. The largest absolute Gasteiger partial charge is 0.376 e. The fourth-order valence-electron chi connectivity index (χ4n) is 2.23. The van der Waals surface area contributed by atoms with Crippen molar-refractivity contribution < 1.29 is 14.0 Å². The highest BCUT2D eigenvalue weighted by Crippen LogP contribution is 2.19. The Bertz CT molecular complexity index is 779. The van der Waals surface area contributed by atoms with Crippen LogP contribution < -0.4 is 10.6 Å². The van der Waals surface area contributed by atoms with E-state index in [0.717, 1.165) is 11.3 Å². The molecule has 0 saturated carbocycles. The van der Waals surface area contributed by atoms with Gasteiger partial charge in [0.25, 0.3) is 0 Å². The summed E-state index contributed by atoms with van der Waals surface area (Å²) < 4.78 is 13.1. The van der Waals surface area contributed by atoms with Gasteiger partial charge in [-0.25, -0.2) is 4.39 Å². The quantitative estimate of drug-likeness (QED) is 0.775. The van der Waals surface area contributed by atoms with E-state index in [1.54, 1.807) is 19.0 Å². The SMILES string of the molecule is CN(C)C(=O)CCc1ccc(NCC(=O)Nc2ccc(F)c(Cl)c2)cc1. The van der Waals surface area contributed by atoms with Crippen LogP contribution in [-0.2, 0) is 16.0 Å². The zero-order chi connectivity index (χ0) is 19.1. The first kappa shape index (κ1) is 19.7. The summed E-state index contributed by atoms with van der Waals surface area (Å²) in [6.07, 6.45) is 1.13. The zero-order valence-corrected chi connectivity index (χ0v) is 15.4. The van der Waals surface area contributed by atoms with Crippen molar-refractivity contribution >= 4 is 34.8 Å². The molecule has 0 fully saturated rings. The summed E-state index contributed by atoms with van der Waals surface area (Å²) in [5, 5.41) is 5.60. The van der Waals surface area contributed by atoms with Gasteiger partial charge < -0.3 is 15.5 Å². The van der Waals surface area contributed by atoms with Crippen molar-refractivity contribution in [1.29, 1.82) is 0 Å². The van der Waals surface area contributed by atoms with Crippen LogP contribution in [0.25, 0.3) is 0 Å². The van der Waals surface area contributed by atoms with Gasteiger partial charge in [-0.1, -0.05) is 23.7 Å². The summed E-state index contributed by atoms with van der Waals surface area (Å²) in [5.41, 5.74) is 2.28. The van der Waals surface area contributed by atoms with Gasteiger partial charge in [0.1, 0.15) is 5.82 Å². The van der Waals surface area contributed by atoms with Crippen LogP contribution >= 0.6 is 11.6 Å². The Morgan fingerprint density at radius 2 is 1.73 bits per heavy atom. The molecule has 0 bridgehead atoms. The van der Waals surface area contributed by atoms with Gasteiger partial charge in [0.05, 0.1) is 11.6 Å². The highest BCUT2D eigenvalue weighted by molar-refractivity contribution is 6.31. The Morgan fingerprint density at radius 1 is 1.08 bits per heavy atom. The van der Waals surface area contributed by atoms with Crippen LogP contribution in [0.15, 0.2) is 42.5 Å². The lowest BCUT2D eigenvalue weighted by molar-refractivity contribution is -0.128. The van der Waals surface area contributed by atoms with E-state index in [4.69, 9.17) is 11.6 Å². The van der Waals surface area contributed by atoms with Crippen LogP contribution in [0.5, 0.6) is 0 Å². The number of benzene rings is 2. The van der Waals surface area contributed by atoms with Crippen LogP contribution in [0, 0.1) is 5.82 Å². The number of anilines is 2. The third kappa shape index (κ3) is 6.04. The number of halogens is 2. The maximum atomic E-state index is 13.1. The smallest absolute Gasteiger partial charge is 0.243 e. The Morgan fingerprint density at radius 3 is 2.35 bits per heavy atom. The molecule has 0 aromatic heterocycles. The highest BCUT2D eigenvalue weighted by Gasteiger charge is 2.06. The predicted octanol–water partition coefficient (Wildman–Crippen LogP) is 3.55. The summed E-state index contributed by atoms with van der Waals surface area (Å²) in [5.74, 6) is -0.715. The first-order chi connectivity index (χ1) is 12.3. The van der Waals surface area contributed by atoms with Gasteiger partial charge in [0, 0.05) is 31.9 Å². The van der Waals surface area contributed by atoms with Gasteiger partial charge in [0.15, 0.2) is 0 Å². The fourth-order valence-corrected chi connectivity index (χ4v) is 2.41. The second-order valence-electron chi connectivity index (χ2n) is 6.02. The lowest BCUT2D eigenvalue weighted by Crippen LogP contribution is -2.22. The molecular weight excluding hydrogens is 357 g/mol. The van der Waals surface area contributed by atoms with Gasteiger partial charge in [-0.3, -0.25) is 9.59 Å². The number of hydrogen-bond acceptors (Lipinski definition) is 3. The van der Waals surface area contributed by atoms with Crippen molar-refractivity contribution in [1.82, 2.24) is 4.90 Å². The van der Waals surface area contributed by atoms with Gasteiger partial charge in [-0.2, -0.15) is 0 Å². The monoisotopic (exact) mass is 377 g/mol. The molecule has 0 spiro atoms. The minimum absolute atomic E-state index is 0.0425. The molecule has 2 rings (SSSR count). The molecule has 0 aliphatic heterocycles. The summed E-state index contributed by atoms with van der Waals surface area (Å²) in [6.45, 7) is 0.0630. The van der Waals surface area contributed by atoms with Crippen molar-refractivity contribution in [2.45, 2.75) is 12.8 Å². The highest BCUT2D eigenvalue weighted by atomic mass is 35.5. The molecule has 0 heterocycles. The molecule has 0 saturated heterocycles. The first-order valence-electron chi connectivity index (χ1n) is 8.13. The fraction of sp³-hybridized carbons (Fsp3) is 0.263. The van der Waals surface area contributed by atoms with E-state index in [0.29, 0.717) is 18.5 Å². The molecule has 26 heavy (non-hydrogen) atoms. The normalized spacial score (nSPS) is 10.3. The van der Waals surface area contributed by atoms with Gasteiger partial charge in [-0.05, 0) is 42.3 Å². The standard InChI is InChI=1S/C19H21ClFN3O2/c1-24(2)19(26)10-5-13-3-6-14(7-4-13)22-12-18(25)23-15-8-9-17(21)16(20)11-15/h3-4,6-9,11,22H,5,10,12H2,1-2H3,(H,23,25). The van der Waals surface area contributed by atoms with Crippen LogP contribution in [0.4, 0.5) is 15.8 Å². The van der Waals surface area contributed by atoms with Crippen LogP contribution in [0.3, 0.4) is 0 Å². The molecule has 2 amide bonds. The number of nitrogens with one attached hydrogen (secondary N) is 2. The number of rotatable bonds is 7. The van der Waals surface area contributed by atoms with E-state index in [1.807, 2.05) is 24.3 Å². The van der Waals surface area contributed by atoms with Crippen molar-refractivity contribution in [3.8, 4) is 0 Å². The summed E-state index contributed by atoms with van der Waals surface area (Å²) in [6, 6.07) is 11.6. The van der Waals surface area contributed by atoms with Gasteiger partial charge >= 0.3 is 0 Å². The van der Waals surface area contributed by atoms with Crippen molar-refractivity contribution in [2.24, 2.45) is 0 Å². The third-order valence-electron chi connectivity index (χ3n) is 3.74. The maximum absolute atomic E-state index is 13.1. The van der Waals surface area contributed by atoms with E-state index < -0.39 is 5.82 Å². The number of nitrogens with zero attached hydrogens (tertiary/aromatic N) is 1. The lowest BCUT2D eigenvalue weighted by atomic mass is 10.1. The Labute approximate surface area is 157 Å². The molecule has 5 nitrogen and oxygen atoms in total. The number of hydrogen-bond donors (Lipinski definition) is 2. The average molecular weight is 378 g/mol. The Kier molecular flexibility index (Phi) is 6.97. The molecule has 0 atom stereocenters. The topological polar surface area (TPSA) is 61.4 Å². The number of amides is 2. The van der Waals surface area contributed by atoms with E-state index in [2.05, 4.69) is 10.6 Å². The summed E-state index contributed by atoms with van der Waals surface area (Å²) in [7, 11) is 3.47. The van der Waals surface area contributed by atoms with E-state index in [9.17, 15) is 14.0 Å². The molecule has 0 radical (unpaired) electrons. The summed E-state index contributed by atoms with van der Waals surface area (Å²) >= 11 is 5.68. The van der Waals surface area contributed by atoms with Gasteiger partial charge in [0.2, 0.25) is 11.8 Å². The second kappa shape index (κ2) is 9.20. The second-order valence-corrected chi connectivity index (χ2v) is 6.42. The molecule has 7 heteroatoms. The van der Waals surface area contributed by atoms with Crippen molar-refractivity contribution in [2.75, 3.05) is 31.3 Å². The molecular formula is C19H21ClFN3O2. The maximum Gasteiger partial charge on any atom is 0.243 e. The number of aryl methyl sites for hydroxylation is 1. The molecule has 2 N–H and O–H groups in total. The molecule has 2 aromatic carbocycles. The minimum atomic E-state index is -0.532. The van der Waals surface area contributed by atoms with Crippen LogP contribution in [-0.4, -0.2) is 37.4 Å². The third-order valence-corrected chi connectivity index (χ3v) is 4.03. The van der Waals surface area contributed by atoms with E-state index in [-0.39, 0.29) is 23.4 Å². The van der Waals surface area contributed by atoms with Gasteiger partial charge in [-0.15, -0.1) is 0 Å². The predicted molar refractivity (Wildman–Crippen MR) is 102 cm³/mol. The van der Waals surface area contributed by atoms with E-state index >= 15 is 0 Å². The molecule has 138 valence electrons. The lowest BCUT2D eigenvalue weighted by Gasteiger charge is -2.11. The Hall–Kier alpha value is -2.60.